The van der Waals surface area contributed by atoms with E-state index in [2.05, 4.69) is 79.1 Å². The highest BCUT2D eigenvalue weighted by Crippen LogP contribution is 2.24. The van der Waals surface area contributed by atoms with Crippen LogP contribution in [0, 0.1) is 0 Å². The van der Waals surface area contributed by atoms with Crippen LogP contribution in [0.2, 0.25) is 0 Å². The Balaban J connectivity index is 0.646. The summed E-state index contributed by atoms with van der Waals surface area (Å²) in [6.45, 7) is 1.41. The van der Waals surface area contributed by atoms with E-state index in [0.29, 0.717) is 59.1 Å². The summed E-state index contributed by atoms with van der Waals surface area (Å²) >= 11 is 0. The Morgan fingerprint density at radius 2 is 0.621 bits per heavy atom. The SMILES string of the molecule is CN(C)CCCNC(=O)c1cc(NC(=O)c2cc(NC(=O)c3cc(NC(=O)c4cc(NC(=O)CCCNC(=O)c5cc(NC(=O)c6nc(NC(=O)c7nc(NC(=O)c8cc(NC(=O)CCNC(=O)CCNC(=O)c9ccc(NC(=O)CCCCCCC(=O)NO)cc9)cn8C)cn7C)cn6C)cn5C)cn4C)cn3C)cn2C)cn1C. The van der Waals surface area contributed by atoms with Crippen molar-refractivity contribution in [1.82, 2.24) is 78.2 Å². The maximum atomic E-state index is 13.5. The van der Waals surface area contributed by atoms with E-state index in [9.17, 15) is 67.1 Å². The first-order valence-corrected chi connectivity index (χ1v) is 36.9. The number of hydrogen-bond donors (Lipinski definition) is 15. The number of imidazole rings is 2. The summed E-state index contributed by atoms with van der Waals surface area (Å²) < 4.78 is 11.9. The van der Waals surface area contributed by atoms with E-state index in [1.54, 1.807) is 99.9 Å². The summed E-state index contributed by atoms with van der Waals surface area (Å²) in [5.41, 5.74) is 5.60. The molecule has 0 fully saturated rings. The van der Waals surface area contributed by atoms with E-state index < -0.39 is 65.0 Å². The Bertz CT molecular complexity index is 5170. The standard InChI is InChI=1S/C76H95N25O15/c1-93(2)30-16-27-79-70(109)53-33-49(39-94(53)3)84-72(111)56-36-51(41-98(56)7)86-73(112)57-35-50(40-99(57)8)85-71(110)55-31-47(37-96(55)5)82-63(104)19-15-26-78-69(108)54-34-52(42-95(54)4)87-75(114)66-89-60(44-100(66)9)91-76(115)67-88-59(43-101(67)10)90-74(113)58-32-48(38-97(58)6)83-64(105)25-28-77-61(102)24-29-80-68(107)45-20-22-46(23-21-45)81-62(103)17-13-11-12-14-18-65(106)92-116/h20-23,31-44,116H,11-19,24-30H2,1-10H3,(H,77,102)(H,78,108)(H,79,109)(H,80,107)(H,81,103)(H,82,104)(H,83,105)(H,84,111)(H,85,110)(H,86,112)(H,87,114)(H,90,113)(H,91,115)(H,92,106). The lowest BCUT2D eigenvalue weighted by Crippen LogP contribution is -2.32. The molecule has 0 spiro atoms. The van der Waals surface area contributed by atoms with Gasteiger partial charge in [0.15, 0.2) is 11.6 Å². The van der Waals surface area contributed by atoms with Crippen LogP contribution >= 0.6 is 0 Å². The highest BCUT2D eigenvalue weighted by Gasteiger charge is 2.26. The van der Waals surface area contributed by atoms with Crippen LogP contribution in [0.25, 0.3) is 0 Å². The van der Waals surface area contributed by atoms with Gasteiger partial charge in [-0.2, -0.15) is 0 Å². The largest absolute Gasteiger partial charge is 0.356 e. The lowest BCUT2D eigenvalue weighted by molar-refractivity contribution is -0.129. The number of nitrogens with one attached hydrogen (secondary N) is 14. The number of carbonyl (C=O) groups is 14. The van der Waals surface area contributed by atoms with Crippen LogP contribution < -0.4 is 74.6 Å². The Kier molecular flexibility index (Phi) is 29.5. The van der Waals surface area contributed by atoms with E-state index >= 15 is 0 Å². The number of anilines is 9. The van der Waals surface area contributed by atoms with E-state index in [4.69, 9.17) is 5.21 Å². The summed E-state index contributed by atoms with van der Waals surface area (Å²) in [5.74, 6) is -6.91. The minimum Gasteiger partial charge on any atom is -0.356 e. The molecule has 14 amide bonds. The second kappa shape index (κ2) is 39.8. The fraction of sp³-hybridized carbons (Fsp3) is 0.342. The molecule has 15 N–H and O–H groups in total. The van der Waals surface area contributed by atoms with Crippen molar-refractivity contribution in [1.29, 1.82) is 0 Å². The van der Waals surface area contributed by atoms with Crippen LogP contribution in [0.15, 0.2) is 110 Å². The van der Waals surface area contributed by atoms with Gasteiger partial charge in [-0.15, -0.1) is 0 Å². The third-order valence-electron chi connectivity index (χ3n) is 18.0. The van der Waals surface area contributed by atoms with Crippen LogP contribution in [0.3, 0.4) is 0 Å². The number of unbranched alkanes of at least 4 members (excludes halogenated alkanes) is 3. The maximum Gasteiger partial charge on any atom is 0.292 e. The smallest absolute Gasteiger partial charge is 0.292 e. The molecule has 0 aliphatic heterocycles. The highest BCUT2D eigenvalue weighted by atomic mass is 16.5. The Hall–Kier alpha value is -14.2. The molecule has 0 aliphatic rings. The fourth-order valence-electron chi connectivity index (χ4n) is 12.1. The van der Waals surface area contributed by atoms with Crippen LogP contribution in [-0.2, 0) is 80.4 Å². The first-order valence-electron chi connectivity index (χ1n) is 36.9. The Labute approximate surface area is 665 Å². The van der Waals surface area contributed by atoms with Crippen LogP contribution in [-0.4, -0.2) is 186 Å². The average molecular weight is 1600 g/mol. The van der Waals surface area contributed by atoms with Gasteiger partial charge < -0.3 is 111 Å². The third kappa shape index (κ3) is 24.2. The molecule has 0 unspecified atom stereocenters. The molecule has 0 saturated heterocycles. The minimum atomic E-state index is -0.735. The molecule has 0 bridgehead atoms. The van der Waals surface area contributed by atoms with Crippen molar-refractivity contribution in [2.45, 2.75) is 70.6 Å². The van der Waals surface area contributed by atoms with E-state index in [0.717, 1.165) is 25.8 Å². The van der Waals surface area contributed by atoms with Crippen molar-refractivity contribution in [2.24, 2.45) is 56.4 Å². The second-order valence-corrected chi connectivity index (χ2v) is 27.7. The van der Waals surface area contributed by atoms with Gasteiger partial charge in [0.25, 0.3) is 53.2 Å². The number of nitrogens with zero attached hydrogens (tertiary/aromatic N) is 11. The number of rotatable bonds is 39. The zero-order valence-electron chi connectivity index (χ0n) is 65.8. The first kappa shape index (κ1) is 85.8. The zero-order valence-corrected chi connectivity index (χ0v) is 65.8. The number of aromatic nitrogens is 10. The molecule has 8 heterocycles. The van der Waals surface area contributed by atoms with E-state index in [1.807, 2.05) is 19.0 Å². The highest BCUT2D eigenvalue weighted by molar-refractivity contribution is 6.10. The van der Waals surface area contributed by atoms with Gasteiger partial charge in [-0.3, -0.25) is 72.3 Å². The molecule has 9 rings (SSSR count). The lowest BCUT2D eigenvalue weighted by atomic mass is 10.1. The number of carbonyl (C=O) groups excluding carboxylic acids is 14. The van der Waals surface area contributed by atoms with E-state index in [1.165, 1.54) is 109 Å². The quantitative estimate of drug-likeness (QED) is 0.0142. The number of hydrogen-bond acceptors (Lipinski definition) is 18. The number of hydroxylamine groups is 1. The van der Waals surface area contributed by atoms with Crippen LogP contribution in [0.4, 0.5) is 51.4 Å². The maximum absolute atomic E-state index is 13.5. The van der Waals surface area contributed by atoms with E-state index in [-0.39, 0.29) is 139 Å². The third-order valence-corrected chi connectivity index (χ3v) is 18.0. The molecule has 40 nitrogen and oxygen atoms in total. The molecule has 9 aromatic rings. The summed E-state index contributed by atoms with van der Waals surface area (Å²) in [6.07, 6.45) is 16.2. The number of amides is 14. The molecule has 1 aromatic carbocycles. The lowest BCUT2D eigenvalue weighted by Gasteiger charge is -2.10. The van der Waals surface area contributed by atoms with Gasteiger partial charge in [0.05, 0.1) is 34.1 Å². The molecular formula is C76H95N25O15. The minimum absolute atomic E-state index is 0.000648. The predicted octanol–water partition coefficient (Wildman–Crippen LogP) is 4.58. The second-order valence-electron chi connectivity index (χ2n) is 27.7. The Morgan fingerprint density at radius 1 is 0.302 bits per heavy atom. The van der Waals surface area contributed by atoms with Crippen molar-refractivity contribution in [3.8, 4) is 0 Å². The van der Waals surface area contributed by atoms with Crippen molar-refractivity contribution in [3.63, 3.8) is 0 Å². The van der Waals surface area contributed by atoms with Gasteiger partial charge in [-0.25, -0.2) is 15.4 Å². The van der Waals surface area contributed by atoms with Crippen molar-refractivity contribution in [3.05, 3.63) is 162 Å². The van der Waals surface area contributed by atoms with Gasteiger partial charge in [0, 0.05) is 175 Å². The molecule has 0 radical (unpaired) electrons. The first-order chi connectivity index (χ1) is 55.3. The fourth-order valence-corrected chi connectivity index (χ4v) is 12.1. The Morgan fingerprint density at radius 3 is 1.04 bits per heavy atom. The van der Waals surface area contributed by atoms with Gasteiger partial charge in [0.1, 0.15) is 34.2 Å². The molecule has 116 heavy (non-hydrogen) atoms. The molecule has 40 heteroatoms. The molecule has 0 atom stereocenters. The number of aryl methyl sites for hydroxylation is 8. The predicted molar refractivity (Wildman–Crippen MR) is 428 cm³/mol. The monoisotopic (exact) mass is 1600 g/mol. The van der Waals surface area contributed by atoms with Crippen LogP contribution in [0.5, 0.6) is 0 Å². The summed E-state index contributed by atoms with van der Waals surface area (Å²) in [7, 11) is 16.8. The summed E-state index contributed by atoms with van der Waals surface area (Å²) in [6, 6.07) is 15.2. The molecule has 0 saturated carbocycles. The van der Waals surface area contributed by atoms with Crippen molar-refractivity contribution < 1.29 is 72.3 Å². The number of benzene rings is 1. The molecule has 0 aliphatic carbocycles. The van der Waals surface area contributed by atoms with Crippen molar-refractivity contribution in [2.75, 3.05) is 94.7 Å². The molecule has 614 valence electrons. The average Bonchev–Trinajstić information content (AvgIpc) is 1.67. The van der Waals surface area contributed by atoms with Crippen molar-refractivity contribution >= 4 is 134 Å². The zero-order chi connectivity index (χ0) is 84.0. The molecular weight excluding hydrogens is 1500 g/mol. The van der Waals surface area contributed by atoms with Gasteiger partial charge in [0.2, 0.25) is 41.2 Å². The topological polar surface area (TPSA) is 496 Å². The van der Waals surface area contributed by atoms with Crippen LogP contribution in [0.1, 0.15) is 165 Å². The van der Waals surface area contributed by atoms with Gasteiger partial charge >= 0.3 is 0 Å². The normalized spacial score (nSPS) is 11.0. The molecule has 8 aromatic heterocycles. The summed E-state index contributed by atoms with van der Waals surface area (Å²) in [4.78, 5) is 192. The summed E-state index contributed by atoms with van der Waals surface area (Å²) in [5, 5.41) is 44.1. The van der Waals surface area contributed by atoms with Gasteiger partial charge in [-0.1, -0.05) is 12.8 Å². The van der Waals surface area contributed by atoms with Gasteiger partial charge in [-0.05, 0) is 107 Å².